The second kappa shape index (κ2) is 12.5. The molecule has 8 nitrogen and oxygen atoms in total. The normalized spacial score (nSPS) is 9.97. The van der Waals surface area contributed by atoms with Crippen molar-refractivity contribution in [1.82, 2.24) is 20.1 Å². The van der Waals surface area contributed by atoms with Crippen molar-refractivity contribution in [2.45, 2.75) is 11.3 Å². The first-order valence-corrected chi connectivity index (χ1v) is 11.3. The van der Waals surface area contributed by atoms with E-state index in [4.69, 9.17) is 23.2 Å². The fourth-order valence-corrected chi connectivity index (χ4v) is 3.97. The highest BCUT2D eigenvalue weighted by molar-refractivity contribution is 8.01. The summed E-state index contributed by atoms with van der Waals surface area (Å²) in [6.07, 6.45) is 2.17. The molecule has 3 rings (SSSR count). The molecule has 3 aromatic rings. The number of hydrogen-bond donors (Lipinski definition) is 2. The van der Waals surface area contributed by atoms with E-state index in [0.717, 1.165) is 17.7 Å². The van der Waals surface area contributed by atoms with E-state index in [1.54, 1.807) is 14.1 Å². The predicted octanol–water partition coefficient (Wildman–Crippen LogP) is 4.73. The molecule has 0 saturated carbocycles. The third-order valence-corrected chi connectivity index (χ3v) is 5.75. The Balaban J connectivity index is 0.000000614. The van der Waals surface area contributed by atoms with Crippen molar-refractivity contribution in [2.24, 2.45) is 0 Å². The highest BCUT2D eigenvalue weighted by atomic mass is 35.5. The number of hydrogen-bond acceptors (Lipinski definition) is 8. The van der Waals surface area contributed by atoms with Gasteiger partial charge in [0.2, 0.25) is 17.4 Å². The van der Waals surface area contributed by atoms with Crippen LogP contribution in [0, 0.1) is 6.92 Å². The predicted molar refractivity (Wildman–Crippen MR) is 128 cm³/mol. The first-order chi connectivity index (χ1) is 14.8. The zero-order chi connectivity index (χ0) is 22.8. The van der Waals surface area contributed by atoms with Gasteiger partial charge in [-0.2, -0.15) is 0 Å². The smallest absolute Gasteiger partial charge is 0.236 e. The molecule has 2 heterocycles. The molecule has 1 aromatic carbocycles. The molecule has 0 unspecified atom stereocenters. The second-order valence-corrected chi connectivity index (χ2v) is 9.30. The van der Waals surface area contributed by atoms with Gasteiger partial charge in [0, 0.05) is 26.0 Å². The molecule has 0 bridgehead atoms. The molecule has 2 aromatic heterocycles. The third kappa shape index (κ3) is 9.09. The van der Waals surface area contributed by atoms with Crippen molar-refractivity contribution >= 4 is 75.3 Å². The van der Waals surface area contributed by atoms with E-state index < -0.39 is 0 Å². The highest BCUT2D eigenvalue weighted by Gasteiger charge is 2.11. The zero-order valence-corrected chi connectivity index (χ0v) is 20.1. The van der Waals surface area contributed by atoms with Gasteiger partial charge >= 0.3 is 0 Å². The van der Waals surface area contributed by atoms with Crippen LogP contribution in [0.3, 0.4) is 0 Å². The minimum absolute atomic E-state index is 0.166. The lowest BCUT2D eigenvalue weighted by atomic mass is 10.2. The van der Waals surface area contributed by atoms with E-state index in [0.29, 0.717) is 14.5 Å². The molecule has 0 saturated heterocycles. The highest BCUT2D eigenvalue weighted by Crippen LogP contribution is 2.28. The summed E-state index contributed by atoms with van der Waals surface area (Å²) in [5.74, 6) is 0.204. The fourth-order valence-electron chi connectivity index (χ4n) is 1.97. The number of anilines is 3. The maximum atomic E-state index is 12.0. The van der Waals surface area contributed by atoms with Gasteiger partial charge < -0.3 is 15.5 Å². The molecule has 0 aliphatic carbocycles. The van der Waals surface area contributed by atoms with Gasteiger partial charge in [-0.1, -0.05) is 58.4 Å². The van der Waals surface area contributed by atoms with Crippen LogP contribution in [0.15, 0.2) is 40.9 Å². The summed E-state index contributed by atoms with van der Waals surface area (Å²) in [4.78, 5) is 26.9. The van der Waals surface area contributed by atoms with Gasteiger partial charge in [0.1, 0.15) is 0 Å². The van der Waals surface area contributed by atoms with Crippen LogP contribution in [-0.2, 0) is 9.59 Å². The largest absolute Gasteiger partial charge is 0.351 e. The maximum Gasteiger partial charge on any atom is 0.236 e. The van der Waals surface area contributed by atoms with E-state index in [-0.39, 0.29) is 22.5 Å². The molecule has 0 fully saturated rings. The topological polar surface area (TPSA) is 100 Å². The monoisotopic (exact) mass is 498 g/mol. The Morgan fingerprint density at radius 3 is 2.65 bits per heavy atom. The van der Waals surface area contributed by atoms with Crippen molar-refractivity contribution in [2.75, 3.05) is 30.5 Å². The quantitative estimate of drug-likeness (QED) is 0.358. The van der Waals surface area contributed by atoms with Gasteiger partial charge in [0.05, 0.1) is 15.8 Å². The fraction of sp³-hybridized carbons (Fsp3) is 0.211. The van der Waals surface area contributed by atoms with Crippen molar-refractivity contribution in [1.29, 1.82) is 0 Å². The van der Waals surface area contributed by atoms with Crippen molar-refractivity contribution in [3.8, 4) is 0 Å². The molecule has 164 valence electrons. The van der Waals surface area contributed by atoms with Crippen molar-refractivity contribution in [3.05, 3.63) is 52.1 Å². The van der Waals surface area contributed by atoms with E-state index in [1.807, 2.05) is 31.2 Å². The summed E-state index contributed by atoms with van der Waals surface area (Å²) in [5, 5.41) is 15.4. The lowest BCUT2D eigenvalue weighted by Crippen LogP contribution is -2.15. The summed E-state index contributed by atoms with van der Waals surface area (Å²) in [6.45, 7) is 2.02. The number of thioether (sulfide) groups is 1. The number of halogens is 2. The standard InChI is InChI=1S/C16H13Cl2N5OS2.C3H7NO/c1-9-3-2-4-11(5-9)20-15-22-23-16(26-15)25-8-13(24)21-14-12(18)6-10(17)7-19-14;1-4(2)3-5/h2-7H,8H2,1H3,(H,20,22)(H,19,21,24);3H,1-2H3. The van der Waals surface area contributed by atoms with Crippen LogP contribution in [0.25, 0.3) is 0 Å². The number of benzene rings is 1. The molecule has 0 spiro atoms. The Morgan fingerprint density at radius 1 is 1.26 bits per heavy atom. The average molecular weight is 499 g/mol. The molecule has 2 amide bonds. The van der Waals surface area contributed by atoms with Crippen LogP contribution in [0.5, 0.6) is 0 Å². The molecular weight excluding hydrogens is 479 g/mol. The van der Waals surface area contributed by atoms with E-state index in [2.05, 4.69) is 25.8 Å². The summed E-state index contributed by atoms with van der Waals surface area (Å²) < 4.78 is 0.686. The molecular formula is C19H20Cl2N6O2S2. The van der Waals surface area contributed by atoms with Crippen LogP contribution in [0.4, 0.5) is 16.6 Å². The van der Waals surface area contributed by atoms with Crippen LogP contribution in [0.1, 0.15) is 5.56 Å². The lowest BCUT2D eigenvalue weighted by Gasteiger charge is -2.05. The first kappa shape index (κ1) is 24.9. The SMILES string of the molecule is CN(C)C=O.Cc1cccc(Nc2nnc(SCC(=O)Nc3ncc(Cl)cc3Cl)s2)c1. The molecule has 2 N–H and O–H groups in total. The summed E-state index contributed by atoms with van der Waals surface area (Å²) in [6, 6.07) is 9.48. The van der Waals surface area contributed by atoms with Crippen LogP contribution < -0.4 is 10.6 Å². The van der Waals surface area contributed by atoms with Crippen LogP contribution >= 0.6 is 46.3 Å². The number of nitrogens with zero attached hydrogens (tertiary/aromatic N) is 4. The number of aromatic nitrogens is 3. The van der Waals surface area contributed by atoms with Crippen LogP contribution in [0.2, 0.25) is 10.0 Å². The molecule has 31 heavy (non-hydrogen) atoms. The van der Waals surface area contributed by atoms with Gasteiger partial charge in [-0.05, 0) is 30.7 Å². The lowest BCUT2D eigenvalue weighted by molar-refractivity contribution is -0.116. The molecule has 0 atom stereocenters. The molecule has 12 heteroatoms. The summed E-state index contributed by atoms with van der Waals surface area (Å²) in [7, 11) is 3.38. The van der Waals surface area contributed by atoms with Crippen molar-refractivity contribution < 1.29 is 9.59 Å². The summed E-state index contributed by atoms with van der Waals surface area (Å²) >= 11 is 14.4. The number of carbonyl (C=O) groups excluding carboxylic acids is 2. The van der Waals surface area contributed by atoms with Gasteiger partial charge in [-0.15, -0.1) is 10.2 Å². The Bertz CT molecular complexity index is 1030. The summed E-state index contributed by atoms with van der Waals surface area (Å²) in [5.41, 5.74) is 2.10. The third-order valence-electron chi connectivity index (χ3n) is 3.28. The Kier molecular flexibility index (Phi) is 9.99. The van der Waals surface area contributed by atoms with Crippen molar-refractivity contribution in [3.63, 3.8) is 0 Å². The molecule has 0 aliphatic heterocycles. The minimum atomic E-state index is -0.241. The van der Waals surface area contributed by atoms with Crippen LogP contribution in [-0.4, -0.2) is 52.2 Å². The number of carbonyl (C=O) groups is 2. The number of rotatable bonds is 7. The second-order valence-electron chi connectivity index (χ2n) is 6.26. The van der Waals surface area contributed by atoms with Gasteiger partial charge in [-0.25, -0.2) is 4.98 Å². The average Bonchev–Trinajstić information content (AvgIpc) is 3.16. The maximum absolute atomic E-state index is 12.0. The Labute approximate surface area is 198 Å². The number of amides is 2. The van der Waals surface area contributed by atoms with Gasteiger partial charge in [0.15, 0.2) is 10.2 Å². The molecule has 0 aliphatic rings. The van der Waals surface area contributed by atoms with E-state index >= 15 is 0 Å². The number of nitrogens with one attached hydrogen (secondary N) is 2. The Morgan fingerprint density at radius 2 is 2.00 bits per heavy atom. The minimum Gasteiger partial charge on any atom is -0.351 e. The zero-order valence-electron chi connectivity index (χ0n) is 16.9. The molecule has 0 radical (unpaired) electrons. The first-order valence-electron chi connectivity index (χ1n) is 8.79. The van der Waals surface area contributed by atoms with E-state index in [1.165, 1.54) is 40.3 Å². The number of pyridine rings is 1. The number of aryl methyl sites for hydroxylation is 1. The van der Waals surface area contributed by atoms with Gasteiger partial charge in [-0.3, -0.25) is 9.59 Å². The Hall–Kier alpha value is -2.40. The van der Waals surface area contributed by atoms with Gasteiger partial charge in [0.25, 0.3) is 0 Å². The van der Waals surface area contributed by atoms with E-state index in [9.17, 15) is 9.59 Å².